The maximum Gasteiger partial charge on any atom is 0.119 e. The van der Waals surface area contributed by atoms with Crippen molar-refractivity contribution in [1.29, 1.82) is 0 Å². The second kappa shape index (κ2) is 11.3. The van der Waals surface area contributed by atoms with E-state index >= 15 is 0 Å². The van der Waals surface area contributed by atoms with Gasteiger partial charge in [0.25, 0.3) is 0 Å². The van der Waals surface area contributed by atoms with E-state index in [4.69, 9.17) is 14.9 Å². The minimum atomic E-state index is 0.151. The zero-order valence-corrected chi connectivity index (χ0v) is 14.5. The molecule has 0 aromatic heterocycles. The highest BCUT2D eigenvalue weighted by Gasteiger charge is 1.97. The normalized spacial score (nSPS) is 11.1. The van der Waals surface area contributed by atoms with E-state index < -0.39 is 0 Å². The smallest absolute Gasteiger partial charge is 0.119 e. The molecule has 0 bridgehead atoms. The number of azo groups is 1. The molecule has 0 heterocycles. The van der Waals surface area contributed by atoms with Gasteiger partial charge in [-0.15, -0.1) is 0 Å². The van der Waals surface area contributed by atoms with Crippen LogP contribution in [0.15, 0.2) is 58.8 Å². The van der Waals surface area contributed by atoms with Gasteiger partial charge in [-0.2, -0.15) is 10.2 Å². The molecule has 0 saturated heterocycles. The maximum absolute atomic E-state index is 8.90. The number of ether oxygens (including phenoxy) is 1. The molecule has 0 saturated carbocycles. The molecule has 0 amide bonds. The van der Waals surface area contributed by atoms with Gasteiger partial charge in [0.1, 0.15) is 5.75 Å². The molecule has 134 valence electrons. The molecule has 0 atom stereocenters. The van der Waals surface area contributed by atoms with Gasteiger partial charge >= 0.3 is 0 Å². The summed E-state index contributed by atoms with van der Waals surface area (Å²) < 4.78 is 5.68. The summed E-state index contributed by atoms with van der Waals surface area (Å²) in [5.41, 5.74) is 2.64. The van der Waals surface area contributed by atoms with E-state index in [1.54, 1.807) is 0 Å². The number of rotatable bonds is 11. The lowest BCUT2D eigenvalue weighted by Crippen LogP contribution is -1.97. The molecule has 2 aromatic rings. The predicted octanol–water partition coefficient (Wildman–Crippen LogP) is 4.57. The van der Waals surface area contributed by atoms with Gasteiger partial charge in [-0.1, -0.05) is 18.6 Å². The van der Waals surface area contributed by atoms with Crippen LogP contribution in [0.4, 0.5) is 11.4 Å². The van der Waals surface area contributed by atoms with E-state index in [9.17, 15) is 0 Å². The fourth-order valence-electron chi connectivity index (χ4n) is 2.34. The van der Waals surface area contributed by atoms with E-state index in [2.05, 4.69) is 10.2 Å². The molecule has 2 N–H and O–H groups in total. The average molecular weight is 342 g/mol. The van der Waals surface area contributed by atoms with Gasteiger partial charge in [-0.3, -0.25) is 0 Å². The first kappa shape index (κ1) is 19.1. The van der Waals surface area contributed by atoms with Crippen LogP contribution in [0.5, 0.6) is 5.75 Å². The van der Waals surface area contributed by atoms with E-state index in [-0.39, 0.29) is 13.2 Å². The second-order valence-electron chi connectivity index (χ2n) is 5.82. The highest BCUT2D eigenvalue weighted by Crippen LogP contribution is 2.22. The summed E-state index contributed by atoms with van der Waals surface area (Å²) in [6.45, 7) is 1.11. The number of aliphatic hydroxyl groups is 2. The molecule has 2 aromatic carbocycles. The van der Waals surface area contributed by atoms with Crippen molar-refractivity contribution in [2.75, 3.05) is 19.8 Å². The van der Waals surface area contributed by atoms with Gasteiger partial charge in [0.15, 0.2) is 0 Å². The van der Waals surface area contributed by atoms with Crippen molar-refractivity contribution in [2.24, 2.45) is 10.2 Å². The Hall–Kier alpha value is -2.24. The molecule has 5 nitrogen and oxygen atoms in total. The number of aliphatic hydroxyl groups excluding tert-OH is 2. The van der Waals surface area contributed by atoms with Crippen molar-refractivity contribution in [3.63, 3.8) is 0 Å². The molecular formula is C20H26N2O3. The molecule has 5 heteroatoms. The minimum Gasteiger partial charge on any atom is -0.494 e. The van der Waals surface area contributed by atoms with Crippen LogP contribution in [0.3, 0.4) is 0 Å². The van der Waals surface area contributed by atoms with E-state index in [1.165, 1.54) is 0 Å². The van der Waals surface area contributed by atoms with Crippen LogP contribution >= 0.6 is 0 Å². The fourth-order valence-corrected chi connectivity index (χ4v) is 2.34. The summed E-state index contributed by atoms with van der Waals surface area (Å²) in [5.74, 6) is 0.828. The molecule has 0 unspecified atom stereocenters. The number of unbranched alkanes of at least 4 members (excludes halogenated alkanes) is 3. The second-order valence-corrected chi connectivity index (χ2v) is 5.82. The van der Waals surface area contributed by atoms with Crippen LogP contribution < -0.4 is 4.74 Å². The lowest BCUT2D eigenvalue weighted by Gasteiger charge is -2.05. The van der Waals surface area contributed by atoms with Gasteiger partial charge in [0, 0.05) is 13.2 Å². The molecule has 0 aliphatic rings. The van der Waals surface area contributed by atoms with E-state index in [1.807, 2.05) is 48.5 Å². The lowest BCUT2D eigenvalue weighted by molar-refractivity contribution is 0.273. The minimum absolute atomic E-state index is 0.151. The quantitative estimate of drug-likeness (QED) is 0.464. The Bertz CT molecular complexity index is 624. The standard InChI is InChI=1S/C20H26N2O3/c23-14-3-1-2-4-16-25-20-11-9-19(10-12-20)22-21-18-7-5-17(6-8-18)13-15-24/h5-12,23-24H,1-4,13-16H2. The first-order chi connectivity index (χ1) is 12.3. The predicted molar refractivity (Wildman–Crippen MR) is 98.9 cm³/mol. The van der Waals surface area contributed by atoms with Crippen LogP contribution in [0, 0.1) is 0 Å². The number of hydrogen-bond donors (Lipinski definition) is 2. The van der Waals surface area contributed by atoms with Crippen molar-refractivity contribution in [2.45, 2.75) is 32.1 Å². The summed E-state index contributed by atoms with van der Waals surface area (Å²) in [4.78, 5) is 0. The molecule has 0 fully saturated rings. The molecule has 0 spiro atoms. The highest BCUT2D eigenvalue weighted by atomic mass is 16.5. The zero-order valence-electron chi connectivity index (χ0n) is 14.5. The van der Waals surface area contributed by atoms with Crippen molar-refractivity contribution < 1.29 is 14.9 Å². The Morgan fingerprint density at radius 1 is 0.680 bits per heavy atom. The van der Waals surface area contributed by atoms with Crippen LogP contribution in [-0.4, -0.2) is 30.0 Å². The fraction of sp³-hybridized carbons (Fsp3) is 0.400. The summed E-state index contributed by atoms with van der Waals surface area (Å²) in [5, 5.41) is 26.1. The first-order valence-electron chi connectivity index (χ1n) is 8.77. The Morgan fingerprint density at radius 3 is 1.88 bits per heavy atom. The average Bonchev–Trinajstić information content (AvgIpc) is 2.65. The number of hydrogen-bond acceptors (Lipinski definition) is 5. The third kappa shape index (κ3) is 7.45. The lowest BCUT2D eigenvalue weighted by atomic mass is 10.1. The zero-order chi connectivity index (χ0) is 17.7. The topological polar surface area (TPSA) is 74.4 Å². The van der Waals surface area contributed by atoms with Crippen molar-refractivity contribution >= 4 is 11.4 Å². The largest absolute Gasteiger partial charge is 0.494 e. The summed E-state index contributed by atoms with van der Waals surface area (Å²) >= 11 is 0. The third-order valence-corrected chi connectivity index (χ3v) is 3.78. The van der Waals surface area contributed by atoms with Crippen LogP contribution in [0.25, 0.3) is 0 Å². The first-order valence-corrected chi connectivity index (χ1v) is 8.77. The SMILES string of the molecule is OCCCCCCOc1ccc(N=Nc2ccc(CCO)cc2)cc1. The van der Waals surface area contributed by atoms with E-state index in [0.717, 1.165) is 48.4 Å². The van der Waals surface area contributed by atoms with E-state index in [0.29, 0.717) is 13.0 Å². The Kier molecular flexibility index (Phi) is 8.66. The number of nitrogens with zero attached hydrogens (tertiary/aromatic N) is 2. The summed E-state index contributed by atoms with van der Waals surface area (Å²) in [6, 6.07) is 15.2. The van der Waals surface area contributed by atoms with Crippen molar-refractivity contribution in [1.82, 2.24) is 0 Å². The van der Waals surface area contributed by atoms with Crippen LogP contribution in [0.1, 0.15) is 31.2 Å². The Labute approximate surface area is 149 Å². The van der Waals surface area contributed by atoms with Gasteiger partial charge in [0.05, 0.1) is 18.0 Å². The third-order valence-electron chi connectivity index (χ3n) is 3.78. The maximum atomic E-state index is 8.90. The molecule has 0 aliphatic heterocycles. The van der Waals surface area contributed by atoms with Gasteiger partial charge in [0.2, 0.25) is 0 Å². The van der Waals surface area contributed by atoms with Crippen molar-refractivity contribution in [3.8, 4) is 5.75 Å². The molecular weight excluding hydrogens is 316 g/mol. The van der Waals surface area contributed by atoms with Crippen molar-refractivity contribution in [3.05, 3.63) is 54.1 Å². The molecule has 2 rings (SSSR count). The molecule has 25 heavy (non-hydrogen) atoms. The summed E-state index contributed by atoms with van der Waals surface area (Å²) in [7, 11) is 0. The number of benzene rings is 2. The van der Waals surface area contributed by atoms with Crippen LogP contribution in [-0.2, 0) is 6.42 Å². The Balaban J connectivity index is 1.77. The van der Waals surface area contributed by atoms with Gasteiger partial charge < -0.3 is 14.9 Å². The monoisotopic (exact) mass is 342 g/mol. The van der Waals surface area contributed by atoms with Gasteiger partial charge in [-0.05, 0) is 67.6 Å². The van der Waals surface area contributed by atoms with Crippen LogP contribution in [0.2, 0.25) is 0 Å². The summed E-state index contributed by atoms with van der Waals surface area (Å²) in [6.07, 6.45) is 4.63. The van der Waals surface area contributed by atoms with Gasteiger partial charge in [-0.25, -0.2) is 0 Å². The molecule has 0 radical (unpaired) electrons. The molecule has 0 aliphatic carbocycles. The highest BCUT2D eigenvalue weighted by molar-refractivity contribution is 5.43. The Morgan fingerprint density at radius 2 is 1.28 bits per heavy atom.